The van der Waals surface area contributed by atoms with E-state index in [4.69, 9.17) is 11.6 Å². The number of nitrogens with one attached hydrogen (secondary N) is 1. The lowest BCUT2D eigenvalue weighted by atomic mass is 10.3. The first-order valence-corrected chi connectivity index (χ1v) is 7.46. The van der Waals surface area contributed by atoms with Gasteiger partial charge in [0.15, 0.2) is 11.0 Å². The molecule has 0 heterocycles. The van der Waals surface area contributed by atoms with E-state index < -0.39 is 11.0 Å². The van der Waals surface area contributed by atoms with Crippen molar-refractivity contribution in [2.45, 2.75) is 4.90 Å². The fraction of sp³-hybridized carbons (Fsp3) is 0. The first-order chi connectivity index (χ1) is 8.16. The van der Waals surface area contributed by atoms with E-state index >= 15 is 0 Å². The molecule has 2 rings (SSSR count). The molecule has 0 aliphatic heterocycles. The summed E-state index contributed by atoms with van der Waals surface area (Å²) in [6, 6.07) is 14.8. The Bertz CT molecular complexity index is 547. The summed E-state index contributed by atoms with van der Waals surface area (Å²) in [5, 5.41) is 0.648. The van der Waals surface area contributed by atoms with Crippen LogP contribution in [-0.4, -0.2) is 4.21 Å². The molecule has 2 nitrogen and oxygen atoms in total. The molecule has 0 saturated heterocycles. The van der Waals surface area contributed by atoms with Gasteiger partial charge in [0.05, 0.1) is 4.90 Å². The van der Waals surface area contributed by atoms with Crippen molar-refractivity contribution >= 4 is 50.9 Å². The molecule has 0 aliphatic carbocycles. The average molecular weight is 378 g/mol. The third-order valence-electron chi connectivity index (χ3n) is 2.08. The minimum Gasteiger partial charge on any atom is -0.301 e. The van der Waals surface area contributed by atoms with Crippen LogP contribution in [0.25, 0.3) is 0 Å². The Balaban J connectivity index is 2.21. The van der Waals surface area contributed by atoms with E-state index in [2.05, 4.69) is 27.3 Å². The second-order valence-corrected chi connectivity index (χ2v) is 6.09. The van der Waals surface area contributed by atoms with Gasteiger partial charge in [-0.1, -0.05) is 29.8 Å². The predicted octanol–water partition coefficient (Wildman–Crippen LogP) is 4.08. The third-order valence-corrected chi connectivity index (χ3v) is 4.75. The van der Waals surface area contributed by atoms with E-state index in [1.54, 1.807) is 18.2 Å². The van der Waals surface area contributed by atoms with Gasteiger partial charge >= 0.3 is 0 Å². The van der Waals surface area contributed by atoms with E-state index in [0.29, 0.717) is 5.02 Å². The Labute approximate surface area is 121 Å². The Morgan fingerprint density at radius 3 is 2.47 bits per heavy atom. The normalized spacial score (nSPS) is 12.1. The molecule has 88 valence electrons. The highest BCUT2D eigenvalue weighted by Crippen LogP contribution is 2.21. The Kier molecular flexibility index (Phi) is 4.42. The average Bonchev–Trinajstić information content (AvgIpc) is 2.30. The molecule has 0 spiro atoms. The molecule has 17 heavy (non-hydrogen) atoms. The van der Waals surface area contributed by atoms with E-state index in [0.717, 1.165) is 14.2 Å². The number of anilines is 1. The van der Waals surface area contributed by atoms with Crippen LogP contribution in [0.15, 0.2) is 53.4 Å². The van der Waals surface area contributed by atoms with Gasteiger partial charge in [0, 0.05) is 14.3 Å². The van der Waals surface area contributed by atoms with Crippen molar-refractivity contribution in [3.05, 3.63) is 57.1 Å². The summed E-state index contributed by atoms with van der Waals surface area (Å²) in [7, 11) is -1.27. The standard InChI is InChI=1S/C12H9ClINOS/c13-9-6-7-12(11(14)8-9)17(16)15-10-4-2-1-3-5-10/h1-8,15H. The van der Waals surface area contributed by atoms with Gasteiger partial charge in [-0.05, 0) is 52.9 Å². The minimum atomic E-state index is -1.27. The monoisotopic (exact) mass is 377 g/mol. The van der Waals surface area contributed by atoms with Gasteiger partial charge in [0.25, 0.3) is 0 Å². The van der Waals surface area contributed by atoms with Crippen LogP contribution in [0.5, 0.6) is 0 Å². The van der Waals surface area contributed by atoms with Gasteiger partial charge in [-0.25, -0.2) is 4.21 Å². The second kappa shape index (κ2) is 5.84. The summed E-state index contributed by atoms with van der Waals surface area (Å²) in [6.45, 7) is 0. The second-order valence-electron chi connectivity index (χ2n) is 3.31. The Hall–Kier alpha value is -0.590. The zero-order valence-electron chi connectivity index (χ0n) is 8.69. The summed E-state index contributed by atoms with van der Waals surface area (Å²) in [4.78, 5) is 0.735. The highest BCUT2D eigenvalue weighted by Gasteiger charge is 2.08. The summed E-state index contributed by atoms with van der Waals surface area (Å²) in [6.07, 6.45) is 0. The molecule has 2 aromatic carbocycles. The van der Waals surface area contributed by atoms with Crippen molar-refractivity contribution < 1.29 is 4.21 Å². The SMILES string of the molecule is O=S(Nc1ccccc1)c1ccc(Cl)cc1I. The maximum Gasteiger partial charge on any atom is 0.151 e. The van der Waals surface area contributed by atoms with Gasteiger partial charge in [-0.3, -0.25) is 0 Å². The number of rotatable bonds is 3. The Morgan fingerprint density at radius 1 is 1.12 bits per heavy atom. The van der Waals surface area contributed by atoms with Crippen LogP contribution in [0.3, 0.4) is 0 Å². The number of hydrogen-bond acceptors (Lipinski definition) is 1. The van der Waals surface area contributed by atoms with Gasteiger partial charge in [-0.15, -0.1) is 0 Å². The van der Waals surface area contributed by atoms with E-state index in [1.165, 1.54) is 0 Å². The molecule has 0 aliphatic rings. The predicted molar refractivity (Wildman–Crippen MR) is 80.6 cm³/mol. The van der Waals surface area contributed by atoms with Crippen LogP contribution in [0, 0.1) is 3.57 Å². The molecule has 0 aromatic heterocycles. The van der Waals surface area contributed by atoms with Gasteiger partial charge < -0.3 is 4.72 Å². The highest BCUT2D eigenvalue weighted by atomic mass is 127. The van der Waals surface area contributed by atoms with Crippen LogP contribution >= 0.6 is 34.2 Å². The van der Waals surface area contributed by atoms with Crippen molar-refractivity contribution in [3.8, 4) is 0 Å². The number of halogens is 2. The van der Waals surface area contributed by atoms with Crippen LogP contribution in [-0.2, 0) is 11.0 Å². The summed E-state index contributed by atoms with van der Waals surface area (Å²) in [5.41, 5.74) is 0.830. The lowest BCUT2D eigenvalue weighted by molar-refractivity contribution is 0.686. The van der Waals surface area contributed by atoms with E-state index in [9.17, 15) is 4.21 Å². The minimum absolute atomic E-state index is 0.648. The lowest BCUT2D eigenvalue weighted by Crippen LogP contribution is -2.06. The molecule has 0 saturated carbocycles. The van der Waals surface area contributed by atoms with Crippen molar-refractivity contribution in [1.82, 2.24) is 0 Å². The molecular formula is C12H9ClINOS. The number of para-hydroxylation sites is 1. The molecule has 2 aromatic rings. The molecule has 0 amide bonds. The smallest absolute Gasteiger partial charge is 0.151 e. The third kappa shape index (κ3) is 3.43. The maximum absolute atomic E-state index is 12.1. The van der Waals surface area contributed by atoms with Crippen LogP contribution in [0.2, 0.25) is 5.02 Å². The Morgan fingerprint density at radius 2 is 1.82 bits per heavy atom. The molecule has 0 bridgehead atoms. The van der Waals surface area contributed by atoms with Gasteiger partial charge in [-0.2, -0.15) is 0 Å². The summed E-state index contributed by atoms with van der Waals surface area (Å²) >= 11 is 7.98. The maximum atomic E-state index is 12.1. The first-order valence-electron chi connectivity index (χ1n) is 4.85. The largest absolute Gasteiger partial charge is 0.301 e. The molecule has 1 N–H and O–H groups in total. The topological polar surface area (TPSA) is 29.1 Å². The van der Waals surface area contributed by atoms with Crippen molar-refractivity contribution in [2.24, 2.45) is 0 Å². The van der Waals surface area contributed by atoms with Gasteiger partial charge in [0.1, 0.15) is 0 Å². The lowest BCUT2D eigenvalue weighted by Gasteiger charge is -2.07. The van der Waals surface area contributed by atoms with Crippen molar-refractivity contribution in [3.63, 3.8) is 0 Å². The number of hydrogen-bond donors (Lipinski definition) is 1. The van der Waals surface area contributed by atoms with Crippen LogP contribution in [0.4, 0.5) is 5.69 Å². The summed E-state index contributed by atoms with van der Waals surface area (Å²) < 4.78 is 15.9. The molecule has 5 heteroatoms. The van der Waals surface area contributed by atoms with E-state index in [-0.39, 0.29) is 0 Å². The molecule has 1 unspecified atom stereocenters. The summed E-state index contributed by atoms with van der Waals surface area (Å²) in [5.74, 6) is 0. The van der Waals surface area contributed by atoms with Crippen LogP contribution < -0.4 is 4.72 Å². The first kappa shape index (κ1) is 12.9. The van der Waals surface area contributed by atoms with E-state index in [1.807, 2.05) is 30.3 Å². The molecule has 1 atom stereocenters. The quantitative estimate of drug-likeness (QED) is 0.802. The molecule has 0 fully saturated rings. The fourth-order valence-corrected chi connectivity index (χ4v) is 3.65. The zero-order valence-corrected chi connectivity index (χ0v) is 12.4. The fourth-order valence-electron chi connectivity index (χ4n) is 1.29. The van der Waals surface area contributed by atoms with Crippen molar-refractivity contribution in [2.75, 3.05) is 4.72 Å². The number of benzene rings is 2. The van der Waals surface area contributed by atoms with Crippen LogP contribution in [0.1, 0.15) is 0 Å². The molecular weight excluding hydrogens is 369 g/mol. The highest BCUT2D eigenvalue weighted by molar-refractivity contribution is 14.1. The zero-order chi connectivity index (χ0) is 12.3. The van der Waals surface area contributed by atoms with Gasteiger partial charge in [0.2, 0.25) is 0 Å². The molecule has 0 radical (unpaired) electrons. The van der Waals surface area contributed by atoms with Crippen molar-refractivity contribution in [1.29, 1.82) is 0 Å².